The minimum atomic E-state index is -0.994. The Kier molecular flexibility index (Phi) is 5.36. The van der Waals surface area contributed by atoms with Crippen molar-refractivity contribution >= 4 is 11.9 Å². The van der Waals surface area contributed by atoms with E-state index in [0.717, 1.165) is 5.56 Å². The molecular weight excluding hydrogens is 232 g/mol. The molecule has 0 aliphatic carbocycles. The summed E-state index contributed by atoms with van der Waals surface area (Å²) in [5, 5.41) is 0. The fourth-order valence-corrected chi connectivity index (χ4v) is 1.71. The molecule has 0 bridgehead atoms. The number of ether oxygens (including phenoxy) is 2. The molecule has 1 aromatic carbocycles. The third-order valence-electron chi connectivity index (χ3n) is 2.54. The van der Waals surface area contributed by atoms with E-state index in [9.17, 15) is 9.59 Å². The van der Waals surface area contributed by atoms with Gasteiger partial charge in [-0.15, -0.1) is 0 Å². The molecule has 0 saturated heterocycles. The third-order valence-corrected chi connectivity index (χ3v) is 2.54. The Morgan fingerprint density at radius 3 is 2.00 bits per heavy atom. The molecule has 0 aliphatic rings. The Balaban J connectivity index is 3.08. The number of hydrogen-bond donors (Lipinski definition) is 0. The summed E-state index contributed by atoms with van der Waals surface area (Å²) in [5.41, 5.74) is 1.50. The molecule has 1 rings (SSSR count). The molecule has 18 heavy (non-hydrogen) atoms. The first-order valence-corrected chi connectivity index (χ1v) is 6.00. The van der Waals surface area contributed by atoms with Gasteiger partial charge in [-0.05, 0) is 31.9 Å². The molecular formula is C14H18O4. The van der Waals surface area contributed by atoms with Crippen LogP contribution in [0.25, 0.3) is 0 Å². The molecule has 98 valence electrons. The van der Waals surface area contributed by atoms with E-state index in [1.807, 2.05) is 19.1 Å². The smallest absolute Gasteiger partial charge is 0.324 e. The lowest BCUT2D eigenvalue weighted by atomic mass is 9.95. The van der Waals surface area contributed by atoms with Gasteiger partial charge in [-0.25, -0.2) is 0 Å². The highest BCUT2D eigenvalue weighted by Crippen LogP contribution is 2.22. The SMILES string of the molecule is CCOC(=O)C(C(=O)OCC)c1ccccc1C. The van der Waals surface area contributed by atoms with Crippen molar-refractivity contribution < 1.29 is 19.1 Å². The first-order chi connectivity index (χ1) is 8.61. The average molecular weight is 250 g/mol. The van der Waals surface area contributed by atoms with Crippen LogP contribution in [0.3, 0.4) is 0 Å². The van der Waals surface area contributed by atoms with Gasteiger partial charge in [0.25, 0.3) is 0 Å². The number of carbonyl (C=O) groups is 2. The molecule has 0 saturated carbocycles. The van der Waals surface area contributed by atoms with E-state index in [1.165, 1.54) is 0 Å². The molecule has 0 N–H and O–H groups in total. The highest BCUT2D eigenvalue weighted by atomic mass is 16.6. The summed E-state index contributed by atoms with van der Waals surface area (Å²) in [7, 11) is 0. The summed E-state index contributed by atoms with van der Waals surface area (Å²) in [6.07, 6.45) is 0. The predicted octanol–water partition coefficient (Wildman–Crippen LogP) is 2.20. The molecule has 0 atom stereocenters. The Labute approximate surface area is 107 Å². The van der Waals surface area contributed by atoms with Crippen LogP contribution in [-0.2, 0) is 19.1 Å². The van der Waals surface area contributed by atoms with Crippen LogP contribution < -0.4 is 0 Å². The molecule has 4 nitrogen and oxygen atoms in total. The van der Waals surface area contributed by atoms with Gasteiger partial charge in [0.1, 0.15) is 0 Å². The summed E-state index contributed by atoms with van der Waals surface area (Å²) in [6, 6.07) is 7.23. The molecule has 4 heteroatoms. The fraction of sp³-hybridized carbons (Fsp3) is 0.429. The molecule has 0 aromatic heterocycles. The predicted molar refractivity (Wildman–Crippen MR) is 67.2 cm³/mol. The van der Waals surface area contributed by atoms with E-state index in [-0.39, 0.29) is 13.2 Å². The van der Waals surface area contributed by atoms with Crippen molar-refractivity contribution in [1.82, 2.24) is 0 Å². The van der Waals surface area contributed by atoms with E-state index in [2.05, 4.69) is 0 Å². The van der Waals surface area contributed by atoms with Crippen molar-refractivity contribution in [3.8, 4) is 0 Å². The monoisotopic (exact) mass is 250 g/mol. The van der Waals surface area contributed by atoms with Crippen LogP contribution in [0.15, 0.2) is 24.3 Å². The first-order valence-electron chi connectivity index (χ1n) is 6.00. The highest BCUT2D eigenvalue weighted by molar-refractivity contribution is 6.01. The van der Waals surface area contributed by atoms with Gasteiger partial charge in [-0.3, -0.25) is 9.59 Å². The molecule has 0 radical (unpaired) electrons. The molecule has 0 aliphatic heterocycles. The second-order valence-electron chi connectivity index (χ2n) is 3.79. The van der Waals surface area contributed by atoms with Gasteiger partial charge in [-0.1, -0.05) is 24.3 Å². The van der Waals surface area contributed by atoms with Gasteiger partial charge >= 0.3 is 11.9 Å². The second kappa shape index (κ2) is 6.79. The van der Waals surface area contributed by atoms with Gasteiger partial charge < -0.3 is 9.47 Å². The maximum absolute atomic E-state index is 11.9. The normalized spacial score (nSPS) is 10.2. The molecule has 1 aromatic rings. The molecule has 0 fully saturated rings. The zero-order chi connectivity index (χ0) is 13.5. The van der Waals surface area contributed by atoms with Gasteiger partial charge in [0, 0.05) is 0 Å². The molecule has 0 unspecified atom stereocenters. The summed E-state index contributed by atoms with van der Waals surface area (Å²) in [6.45, 7) is 5.73. The minimum Gasteiger partial charge on any atom is -0.465 e. The molecule has 0 spiro atoms. The van der Waals surface area contributed by atoms with Crippen LogP contribution in [0.5, 0.6) is 0 Å². The standard InChI is InChI=1S/C14H18O4/c1-4-17-13(15)12(14(16)18-5-2)11-9-7-6-8-10(11)3/h6-9,12H,4-5H2,1-3H3. The van der Waals surface area contributed by atoms with Crippen LogP contribution >= 0.6 is 0 Å². The van der Waals surface area contributed by atoms with Crippen LogP contribution in [0.4, 0.5) is 0 Å². The lowest BCUT2D eigenvalue weighted by Gasteiger charge is -2.16. The van der Waals surface area contributed by atoms with Gasteiger partial charge in [0.2, 0.25) is 0 Å². The number of carbonyl (C=O) groups excluding carboxylic acids is 2. The zero-order valence-corrected chi connectivity index (χ0v) is 10.9. The number of hydrogen-bond acceptors (Lipinski definition) is 4. The molecule has 0 amide bonds. The lowest BCUT2D eigenvalue weighted by molar-refractivity contribution is -0.156. The van der Waals surface area contributed by atoms with E-state index in [4.69, 9.17) is 9.47 Å². The Morgan fingerprint density at radius 1 is 1.06 bits per heavy atom. The minimum absolute atomic E-state index is 0.237. The lowest BCUT2D eigenvalue weighted by Crippen LogP contribution is -2.26. The number of benzene rings is 1. The number of rotatable bonds is 5. The maximum atomic E-state index is 11.9. The maximum Gasteiger partial charge on any atom is 0.324 e. The number of esters is 2. The molecule has 0 heterocycles. The van der Waals surface area contributed by atoms with Crippen molar-refractivity contribution in [3.63, 3.8) is 0 Å². The van der Waals surface area contributed by atoms with Gasteiger partial charge in [0.15, 0.2) is 5.92 Å². The van der Waals surface area contributed by atoms with Crippen LogP contribution in [0, 0.1) is 6.92 Å². The Morgan fingerprint density at radius 2 is 1.56 bits per heavy atom. The Hall–Kier alpha value is -1.84. The van der Waals surface area contributed by atoms with Crippen LogP contribution in [0.2, 0.25) is 0 Å². The van der Waals surface area contributed by atoms with E-state index in [1.54, 1.807) is 26.0 Å². The van der Waals surface area contributed by atoms with E-state index >= 15 is 0 Å². The third kappa shape index (κ3) is 3.32. The summed E-state index contributed by atoms with van der Waals surface area (Å²) in [5.74, 6) is -2.12. The van der Waals surface area contributed by atoms with Crippen molar-refractivity contribution in [2.24, 2.45) is 0 Å². The quantitative estimate of drug-likeness (QED) is 0.594. The van der Waals surface area contributed by atoms with Gasteiger partial charge in [0.05, 0.1) is 13.2 Å². The zero-order valence-electron chi connectivity index (χ0n) is 10.9. The van der Waals surface area contributed by atoms with Crippen molar-refractivity contribution in [3.05, 3.63) is 35.4 Å². The number of aryl methyl sites for hydroxylation is 1. The summed E-state index contributed by atoms with van der Waals surface area (Å²) in [4.78, 5) is 23.8. The second-order valence-corrected chi connectivity index (χ2v) is 3.79. The van der Waals surface area contributed by atoms with Crippen LogP contribution in [0.1, 0.15) is 30.9 Å². The van der Waals surface area contributed by atoms with Crippen molar-refractivity contribution in [2.75, 3.05) is 13.2 Å². The Bertz CT molecular complexity index is 408. The summed E-state index contributed by atoms with van der Waals surface area (Å²) >= 11 is 0. The first kappa shape index (κ1) is 14.2. The van der Waals surface area contributed by atoms with E-state index < -0.39 is 17.9 Å². The average Bonchev–Trinajstić information content (AvgIpc) is 2.33. The van der Waals surface area contributed by atoms with Crippen molar-refractivity contribution in [2.45, 2.75) is 26.7 Å². The topological polar surface area (TPSA) is 52.6 Å². The largest absolute Gasteiger partial charge is 0.465 e. The van der Waals surface area contributed by atoms with Crippen LogP contribution in [-0.4, -0.2) is 25.2 Å². The van der Waals surface area contributed by atoms with E-state index in [0.29, 0.717) is 5.56 Å². The van der Waals surface area contributed by atoms with Crippen molar-refractivity contribution in [1.29, 1.82) is 0 Å². The highest BCUT2D eigenvalue weighted by Gasteiger charge is 2.32. The fourth-order valence-electron chi connectivity index (χ4n) is 1.71. The summed E-state index contributed by atoms with van der Waals surface area (Å²) < 4.78 is 9.88. The van der Waals surface area contributed by atoms with Gasteiger partial charge in [-0.2, -0.15) is 0 Å².